The molecule has 10 heteroatoms. The number of hydrogen-bond acceptors (Lipinski definition) is 6. The van der Waals surface area contributed by atoms with E-state index in [-0.39, 0.29) is 16.7 Å². The van der Waals surface area contributed by atoms with E-state index in [0.29, 0.717) is 31.9 Å². The number of aromatic nitrogens is 2. The van der Waals surface area contributed by atoms with Crippen LogP contribution < -0.4 is 5.32 Å². The van der Waals surface area contributed by atoms with E-state index in [9.17, 15) is 13.2 Å². The zero-order chi connectivity index (χ0) is 22.0. The van der Waals surface area contributed by atoms with Crippen LogP contribution in [0.4, 0.5) is 0 Å². The Morgan fingerprint density at radius 2 is 1.97 bits per heavy atom. The molecule has 0 atom stereocenters. The standard InChI is InChI=1S/C21H24N4O4S2/c1-15-4-3-5-17(12-15)25-16(2)19(14-23-25)21(26)22-13-18-6-7-20(30-18)31(27,28)24-8-10-29-11-9-24/h3-7,12,14H,8-11,13H2,1-2H3,(H,22,26). The molecule has 31 heavy (non-hydrogen) atoms. The van der Waals surface area contributed by atoms with Crippen LogP contribution in [0.1, 0.15) is 26.5 Å². The molecule has 1 N–H and O–H groups in total. The molecule has 4 rings (SSSR count). The second-order valence-corrected chi connectivity index (χ2v) is 10.6. The molecule has 0 spiro atoms. The Morgan fingerprint density at radius 1 is 1.19 bits per heavy atom. The van der Waals surface area contributed by atoms with Gasteiger partial charge in [0.15, 0.2) is 0 Å². The lowest BCUT2D eigenvalue weighted by molar-refractivity contribution is 0.0731. The van der Waals surface area contributed by atoms with Gasteiger partial charge in [0.1, 0.15) is 4.21 Å². The Bertz CT molecular complexity index is 1190. The van der Waals surface area contributed by atoms with Gasteiger partial charge in [-0.1, -0.05) is 12.1 Å². The zero-order valence-electron chi connectivity index (χ0n) is 17.4. The number of aryl methyl sites for hydroxylation is 1. The van der Waals surface area contributed by atoms with Gasteiger partial charge in [0.2, 0.25) is 0 Å². The van der Waals surface area contributed by atoms with Crippen molar-refractivity contribution in [2.75, 3.05) is 26.3 Å². The minimum absolute atomic E-state index is 0.247. The molecule has 0 bridgehead atoms. The number of ether oxygens (including phenoxy) is 1. The first-order chi connectivity index (χ1) is 14.9. The van der Waals surface area contributed by atoms with E-state index < -0.39 is 10.0 Å². The van der Waals surface area contributed by atoms with Gasteiger partial charge in [-0.05, 0) is 43.7 Å². The summed E-state index contributed by atoms with van der Waals surface area (Å²) in [7, 11) is -3.52. The highest BCUT2D eigenvalue weighted by Crippen LogP contribution is 2.25. The molecule has 0 unspecified atom stereocenters. The van der Waals surface area contributed by atoms with Crippen molar-refractivity contribution in [1.29, 1.82) is 0 Å². The Morgan fingerprint density at radius 3 is 2.71 bits per heavy atom. The number of morpholine rings is 1. The number of carbonyl (C=O) groups is 1. The van der Waals surface area contributed by atoms with E-state index >= 15 is 0 Å². The molecule has 1 saturated heterocycles. The minimum Gasteiger partial charge on any atom is -0.379 e. The molecule has 164 valence electrons. The fourth-order valence-electron chi connectivity index (χ4n) is 3.42. The fraction of sp³-hybridized carbons (Fsp3) is 0.333. The lowest BCUT2D eigenvalue weighted by Crippen LogP contribution is -2.40. The Labute approximate surface area is 185 Å². The maximum atomic E-state index is 12.7. The van der Waals surface area contributed by atoms with Gasteiger partial charge in [-0.15, -0.1) is 11.3 Å². The minimum atomic E-state index is -3.52. The smallest absolute Gasteiger partial charge is 0.255 e. The van der Waals surface area contributed by atoms with Gasteiger partial charge >= 0.3 is 0 Å². The van der Waals surface area contributed by atoms with Gasteiger partial charge in [0.05, 0.1) is 42.9 Å². The number of amides is 1. The van der Waals surface area contributed by atoms with Gasteiger partial charge in [0, 0.05) is 18.0 Å². The Hall–Kier alpha value is -2.53. The monoisotopic (exact) mass is 460 g/mol. The number of carbonyl (C=O) groups excluding carboxylic acids is 1. The lowest BCUT2D eigenvalue weighted by atomic mass is 10.2. The zero-order valence-corrected chi connectivity index (χ0v) is 19.0. The summed E-state index contributed by atoms with van der Waals surface area (Å²) < 4.78 is 34.2. The summed E-state index contributed by atoms with van der Waals surface area (Å²) >= 11 is 1.17. The second kappa shape index (κ2) is 8.91. The molecule has 0 saturated carbocycles. The first kappa shape index (κ1) is 21.7. The molecule has 1 aliphatic rings. The summed E-state index contributed by atoms with van der Waals surface area (Å²) in [5.74, 6) is -0.248. The van der Waals surface area contributed by atoms with Gasteiger partial charge in [0.25, 0.3) is 15.9 Å². The van der Waals surface area contributed by atoms with E-state index in [2.05, 4.69) is 10.4 Å². The SMILES string of the molecule is Cc1cccc(-n2ncc(C(=O)NCc3ccc(S(=O)(=O)N4CCOCC4)s3)c2C)c1. The van der Waals surface area contributed by atoms with Crippen LogP contribution in [0.25, 0.3) is 5.69 Å². The van der Waals surface area contributed by atoms with Crippen LogP contribution in [-0.2, 0) is 21.3 Å². The summed E-state index contributed by atoms with van der Waals surface area (Å²) in [6.07, 6.45) is 1.55. The summed E-state index contributed by atoms with van der Waals surface area (Å²) in [5.41, 5.74) is 3.23. The van der Waals surface area contributed by atoms with Gasteiger partial charge in [-0.2, -0.15) is 9.40 Å². The molecule has 0 aliphatic carbocycles. The average molecular weight is 461 g/mol. The Balaban J connectivity index is 1.43. The van der Waals surface area contributed by atoms with Crippen molar-refractivity contribution in [3.8, 4) is 5.69 Å². The molecular weight excluding hydrogens is 436 g/mol. The lowest BCUT2D eigenvalue weighted by Gasteiger charge is -2.25. The van der Waals surface area contributed by atoms with Gasteiger partial charge < -0.3 is 10.1 Å². The highest BCUT2D eigenvalue weighted by Gasteiger charge is 2.27. The van der Waals surface area contributed by atoms with Crippen LogP contribution in [0.3, 0.4) is 0 Å². The average Bonchev–Trinajstić information content (AvgIpc) is 3.40. The third kappa shape index (κ3) is 4.57. The van der Waals surface area contributed by atoms with E-state index in [1.165, 1.54) is 15.6 Å². The molecule has 1 amide bonds. The molecule has 1 aliphatic heterocycles. The maximum absolute atomic E-state index is 12.7. The van der Waals surface area contributed by atoms with Crippen LogP contribution in [0, 0.1) is 13.8 Å². The molecule has 0 radical (unpaired) electrons. The fourth-order valence-corrected chi connectivity index (χ4v) is 6.28. The molecular formula is C21H24N4O4S2. The summed E-state index contributed by atoms with van der Waals surface area (Å²) in [5, 5.41) is 7.22. The molecule has 8 nitrogen and oxygen atoms in total. The topological polar surface area (TPSA) is 93.5 Å². The van der Waals surface area contributed by atoms with Gasteiger partial charge in [-0.25, -0.2) is 13.1 Å². The van der Waals surface area contributed by atoms with E-state index in [1.807, 2.05) is 38.1 Å². The molecule has 3 heterocycles. The quantitative estimate of drug-likeness (QED) is 0.610. The number of thiophene rings is 1. The number of nitrogens with one attached hydrogen (secondary N) is 1. The normalized spacial score (nSPS) is 15.2. The molecule has 1 fully saturated rings. The summed E-state index contributed by atoms with van der Waals surface area (Å²) in [4.78, 5) is 13.5. The van der Waals surface area contributed by atoms with Crippen molar-refractivity contribution in [1.82, 2.24) is 19.4 Å². The second-order valence-electron chi connectivity index (χ2n) is 7.31. The van der Waals surface area contributed by atoms with Crippen molar-refractivity contribution in [2.45, 2.75) is 24.6 Å². The largest absolute Gasteiger partial charge is 0.379 e. The van der Waals surface area contributed by atoms with Crippen molar-refractivity contribution in [3.05, 3.63) is 64.3 Å². The van der Waals surface area contributed by atoms with Crippen LogP contribution >= 0.6 is 11.3 Å². The Kier molecular flexibility index (Phi) is 6.24. The molecule has 3 aromatic rings. The van der Waals surface area contributed by atoms with Crippen LogP contribution in [0.2, 0.25) is 0 Å². The first-order valence-electron chi connectivity index (χ1n) is 9.93. The molecule has 1 aromatic carbocycles. The number of rotatable bonds is 6. The highest BCUT2D eigenvalue weighted by molar-refractivity contribution is 7.91. The molecule has 2 aromatic heterocycles. The number of nitrogens with zero attached hydrogens (tertiary/aromatic N) is 3. The number of sulfonamides is 1. The first-order valence-corrected chi connectivity index (χ1v) is 12.2. The summed E-state index contributed by atoms with van der Waals surface area (Å²) in [6, 6.07) is 11.2. The van der Waals surface area contributed by atoms with Gasteiger partial charge in [-0.3, -0.25) is 4.79 Å². The van der Waals surface area contributed by atoms with Crippen molar-refractivity contribution < 1.29 is 17.9 Å². The van der Waals surface area contributed by atoms with E-state index in [1.54, 1.807) is 23.0 Å². The number of benzene rings is 1. The van der Waals surface area contributed by atoms with Crippen LogP contribution in [0.15, 0.2) is 46.8 Å². The van der Waals surface area contributed by atoms with Crippen LogP contribution in [-0.4, -0.2) is 54.7 Å². The van der Waals surface area contributed by atoms with Crippen molar-refractivity contribution in [3.63, 3.8) is 0 Å². The maximum Gasteiger partial charge on any atom is 0.255 e. The van der Waals surface area contributed by atoms with E-state index in [4.69, 9.17) is 4.74 Å². The summed E-state index contributed by atoms with van der Waals surface area (Å²) in [6.45, 7) is 5.63. The predicted octanol–water partition coefficient (Wildman–Crippen LogP) is 2.50. The van der Waals surface area contributed by atoms with E-state index in [0.717, 1.165) is 21.8 Å². The van der Waals surface area contributed by atoms with Crippen molar-refractivity contribution in [2.24, 2.45) is 0 Å². The third-order valence-electron chi connectivity index (χ3n) is 5.13. The van der Waals surface area contributed by atoms with Crippen molar-refractivity contribution >= 4 is 27.3 Å². The predicted molar refractivity (Wildman–Crippen MR) is 118 cm³/mol. The number of hydrogen-bond donors (Lipinski definition) is 1. The highest BCUT2D eigenvalue weighted by atomic mass is 32.2. The van der Waals surface area contributed by atoms with Crippen LogP contribution in [0.5, 0.6) is 0 Å². The third-order valence-corrected chi connectivity index (χ3v) is 8.58.